The fourth-order valence-corrected chi connectivity index (χ4v) is 5.82. The normalized spacial score (nSPS) is 18.2. The Labute approximate surface area is 241 Å². The molecule has 0 bridgehead atoms. The van der Waals surface area contributed by atoms with E-state index in [0.29, 0.717) is 40.0 Å². The summed E-state index contributed by atoms with van der Waals surface area (Å²) in [6, 6.07) is 19.0. The van der Waals surface area contributed by atoms with Crippen LogP contribution in [0, 0.1) is 6.92 Å². The molecule has 204 valence electrons. The number of methoxy groups -OCH3 is 2. The van der Waals surface area contributed by atoms with E-state index in [0.717, 1.165) is 22.2 Å². The SMILES string of the molecule is COc1ccc(N2C(=O)CC(N3C(=O)/C(=C/c4ccc(OCc5ccc(C)cc5)c(OC)c4)SC3=S)C2=O)cc1. The Morgan fingerprint density at radius 1 is 0.950 bits per heavy atom. The topological polar surface area (TPSA) is 85.4 Å². The van der Waals surface area contributed by atoms with Crippen molar-refractivity contribution in [1.82, 2.24) is 4.90 Å². The minimum Gasteiger partial charge on any atom is -0.497 e. The zero-order valence-corrected chi connectivity index (χ0v) is 23.7. The molecule has 1 atom stereocenters. The molecular weight excluding hydrogens is 548 g/mol. The third-order valence-corrected chi connectivity index (χ3v) is 7.92. The van der Waals surface area contributed by atoms with Crippen molar-refractivity contribution in [3.05, 3.63) is 88.3 Å². The van der Waals surface area contributed by atoms with E-state index < -0.39 is 23.8 Å². The molecule has 2 heterocycles. The number of carbonyl (C=O) groups excluding carboxylic acids is 3. The highest BCUT2D eigenvalue weighted by Gasteiger charge is 2.48. The predicted molar refractivity (Wildman–Crippen MR) is 157 cm³/mol. The number of amides is 3. The lowest BCUT2D eigenvalue weighted by Gasteiger charge is -2.21. The van der Waals surface area contributed by atoms with E-state index in [2.05, 4.69) is 0 Å². The lowest BCUT2D eigenvalue weighted by atomic mass is 10.1. The number of ether oxygens (including phenoxy) is 3. The number of thiocarbonyl (C=S) groups is 1. The first-order valence-corrected chi connectivity index (χ1v) is 13.7. The summed E-state index contributed by atoms with van der Waals surface area (Å²) in [7, 11) is 3.08. The van der Waals surface area contributed by atoms with E-state index >= 15 is 0 Å². The van der Waals surface area contributed by atoms with Crippen LogP contribution in [-0.2, 0) is 21.0 Å². The summed E-state index contributed by atoms with van der Waals surface area (Å²) in [6.07, 6.45) is 1.54. The molecule has 0 radical (unpaired) electrons. The predicted octanol–water partition coefficient (Wildman–Crippen LogP) is 5.12. The fourth-order valence-electron chi connectivity index (χ4n) is 4.46. The van der Waals surface area contributed by atoms with Gasteiger partial charge in [-0.3, -0.25) is 19.3 Å². The molecular formula is C30H26N2O6S2. The number of hydrogen-bond acceptors (Lipinski definition) is 8. The molecule has 3 aromatic carbocycles. The summed E-state index contributed by atoms with van der Waals surface area (Å²) in [5.74, 6) is 0.374. The molecule has 0 saturated carbocycles. The van der Waals surface area contributed by atoms with Crippen LogP contribution in [0.3, 0.4) is 0 Å². The van der Waals surface area contributed by atoms with Crippen LogP contribution < -0.4 is 19.1 Å². The number of nitrogens with zero attached hydrogens (tertiary/aromatic N) is 2. The maximum Gasteiger partial charge on any atom is 0.266 e. The molecule has 5 rings (SSSR count). The Morgan fingerprint density at radius 3 is 2.35 bits per heavy atom. The van der Waals surface area contributed by atoms with Crippen molar-refractivity contribution < 1.29 is 28.6 Å². The van der Waals surface area contributed by atoms with Gasteiger partial charge >= 0.3 is 0 Å². The first kappa shape index (κ1) is 27.4. The second-order valence-corrected chi connectivity index (χ2v) is 10.9. The zero-order valence-electron chi connectivity index (χ0n) is 22.1. The lowest BCUT2D eigenvalue weighted by molar-refractivity contribution is -0.129. The monoisotopic (exact) mass is 574 g/mol. The van der Waals surface area contributed by atoms with Crippen molar-refractivity contribution in [2.24, 2.45) is 0 Å². The Hall–Kier alpha value is -4.15. The summed E-state index contributed by atoms with van der Waals surface area (Å²) in [5, 5.41) is 0. The highest BCUT2D eigenvalue weighted by atomic mass is 32.2. The molecule has 2 saturated heterocycles. The van der Waals surface area contributed by atoms with Gasteiger partial charge in [-0.15, -0.1) is 0 Å². The smallest absolute Gasteiger partial charge is 0.266 e. The first-order chi connectivity index (χ1) is 19.3. The van der Waals surface area contributed by atoms with E-state index in [1.54, 1.807) is 49.6 Å². The van der Waals surface area contributed by atoms with Crippen LogP contribution in [0.5, 0.6) is 17.2 Å². The van der Waals surface area contributed by atoms with Gasteiger partial charge in [-0.25, -0.2) is 4.90 Å². The molecule has 3 amide bonds. The quantitative estimate of drug-likeness (QED) is 0.208. The van der Waals surface area contributed by atoms with E-state index in [-0.39, 0.29) is 10.7 Å². The summed E-state index contributed by atoms with van der Waals surface area (Å²) < 4.78 is 16.9. The van der Waals surface area contributed by atoms with Crippen molar-refractivity contribution in [1.29, 1.82) is 0 Å². The number of hydrogen-bond donors (Lipinski definition) is 0. The van der Waals surface area contributed by atoms with E-state index in [4.69, 9.17) is 26.4 Å². The summed E-state index contributed by atoms with van der Waals surface area (Å²) >= 11 is 6.56. The molecule has 10 heteroatoms. The number of benzene rings is 3. The second kappa shape index (κ2) is 11.5. The summed E-state index contributed by atoms with van der Waals surface area (Å²) in [5.41, 5.74) is 3.32. The average Bonchev–Trinajstić information content (AvgIpc) is 3.40. The molecule has 40 heavy (non-hydrogen) atoms. The van der Waals surface area contributed by atoms with Gasteiger partial charge in [0.1, 0.15) is 22.7 Å². The summed E-state index contributed by atoms with van der Waals surface area (Å²) in [6.45, 7) is 2.42. The molecule has 3 aromatic rings. The van der Waals surface area contributed by atoms with Crippen LogP contribution in [0.2, 0.25) is 0 Å². The maximum atomic E-state index is 13.4. The molecule has 2 fully saturated rings. The van der Waals surface area contributed by atoms with Gasteiger partial charge < -0.3 is 14.2 Å². The molecule has 0 aromatic heterocycles. The van der Waals surface area contributed by atoms with Gasteiger partial charge in [0, 0.05) is 0 Å². The molecule has 8 nitrogen and oxygen atoms in total. The van der Waals surface area contributed by atoms with Gasteiger partial charge in [0.25, 0.3) is 11.8 Å². The van der Waals surface area contributed by atoms with Gasteiger partial charge in [-0.1, -0.05) is 59.9 Å². The Kier molecular flexibility index (Phi) is 7.90. The minimum absolute atomic E-state index is 0.147. The Bertz CT molecular complexity index is 1520. The van der Waals surface area contributed by atoms with Gasteiger partial charge in [-0.05, 0) is 60.5 Å². The number of imide groups is 1. The second-order valence-electron chi connectivity index (χ2n) is 9.22. The van der Waals surface area contributed by atoms with E-state index in [9.17, 15) is 14.4 Å². The molecule has 2 aliphatic heterocycles. The molecule has 0 aliphatic carbocycles. The van der Waals surface area contributed by atoms with Crippen molar-refractivity contribution >= 4 is 57.8 Å². The molecule has 2 aliphatic rings. The maximum absolute atomic E-state index is 13.4. The Balaban J connectivity index is 1.31. The highest BCUT2D eigenvalue weighted by molar-refractivity contribution is 8.26. The molecule has 1 unspecified atom stereocenters. The average molecular weight is 575 g/mol. The van der Waals surface area contributed by atoms with Crippen LogP contribution in [0.25, 0.3) is 6.08 Å². The minimum atomic E-state index is -1.000. The largest absolute Gasteiger partial charge is 0.497 e. The van der Waals surface area contributed by atoms with E-state index in [1.165, 1.54) is 17.6 Å². The molecule has 0 spiro atoms. The van der Waals surface area contributed by atoms with Crippen molar-refractivity contribution in [2.45, 2.75) is 26.0 Å². The third-order valence-electron chi connectivity index (χ3n) is 6.59. The van der Waals surface area contributed by atoms with Gasteiger partial charge in [0.15, 0.2) is 11.5 Å². The number of thioether (sulfide) groups is 1. The number of rotatable bonds is 8. The van der Waals surface area contributed by atoms with Crippen LogP contribution in [0.1, 0.15) is 23.1 Å². The van der Waals surface area contributed by atoms with Crippen LogP contribution >= 0.6 is 24.0 Å². The lowest BCUT2D eigenvalue weighted by Crippen LogP contribution is -2.44. The highest BCUT2D eigenvalue weighted by Crippen LogP contribution is 2.38. The Morgan fingerprint density at radius 2 is 1.68 bits per heavy atom. The first-order valence-electron chi connectivity index (χ1n) is 12.4. The van der Waals surface area contributed by atoms with Crippen LogP contribution in [0.4, 0.5) is 5.69 Å². The number of anilines is 1. The van der Waals surface area contributed by atoms with Crippen molar-refractivity contribution in [2.75, 3.05) is 19.1 Å². The van der Waals surface area contributed by atoms with E-state index in [1.807, 2.05) is 37.3 Å². The number of aryl methyl sites for hydroxylation is 1. The van der Waals surface area contributed by atoms with Gasteiger partial charge in [0.2, 0.25) is 5.91 Å². The van der Waals surface area contributed by atoms with Crippen molar-refractivity contribution in [3.63, 3.8) is 0 Å². The number of carbonyl (C=O) groups is 3. The third kappa shape index (κ3) is 5.45. The van der Waals surface area contributed by atoms with Crippen LogP contribution in [-0.4, -0.2) is 47.2 Å². The van der Waals surface area contributed by atoms with Gasteiger partial charge in [-0.2, -0.15) is 0 Å². The fraction of sp³-hybridized carbons (Fsp3) is 0.200. The zero-order chi connectivity index (χ0) is 28.4. The van der Waals surface area contributed by atoms with Gasteiger partial charge in [0.05, 0.1) is 31.2 Å². The molecule has 0 N–H and O–H groups in total. The standard InChI is InChI=1S/C30H26N2O6S2/c1-18-4-6-19(7-5-18)17-38-24-13-8-20(14-25(24)37-3)15-26-29(35)32(30(39)40-26)23-16-27(33)31(28(23)34)21-9-11-22(36-2)12-10-21/h4-15,23H,16-17H2,1-3H3/b26-15-. The summed E-state index contributed by atoms with van der Waals surface area (Å²) in [4.78, 5) is 42.1. The van der Waals surface area contributed by atoms with Crippen molar-refractivity contribution in [3.8, 4) is 17.2 Å². The van der Waals surface area contributed by atoms with Crippen LogP contribution in [0.15, 0.2) is 71.6 Å².